The lowest BCUT2D eigenvalue weighted by atomic mass is 10.1. The van der Waals surface area contributed by atoms with E-state index in [-0.39, 0.29) is 19.2 Å². The van der Waals surface area contributed by atoms with Gasteiger partial charge in [0.25, 0.3) is 0 Å². The van der Waals surface area contributed by atoms with Crippen molar-refractivity contribution in [3.05, 3.63) is 36.5 Å². The average Bonchev–Trinajstić information content (AvgIpc) is 2.90. The van der Waals surface area contributed by atoms with Crippen molar-refractivity contribution in [2.45, 2.75) is 148 Å². The summed E-state index contributed by atoms with van der Waals surface area (Å²) in [6.45, 7) is 5.18. The van der Waals surface area contributed by atoms with Gasteiger partial charge in [-0.1, -0.05) is 127 Å². The number of aliphatic hydroxyl groups is 1. The van der Waals surface area contributed by atoms with Crippen molar-refractivity contribution in [1.29, 1.82) is 0 Å². The summed E-state index contributed by atoms with van der Waals surface area (Å²) >= 11 is 0. The van der Waals surface area contributed by atoms with Crippen LogP contribution in [0.25, 0.3) is 0 Å². The van der Waals surface area contributed by atoms with Crippen LogP contribution < -0.4 is 0 Å². The molecule has 0 aromatic rings. The zero-order valence-electron chi connectivity index (χ0n) is 24.5. The topological polar surface area (TPSA) is 55.8 Å². The van der Waals surface area contributed by atoms with Gasteiger partial charge in [0.1, 0.15) is 6.10 Å². The monoisotopic (exact) mass is 520 g/mol. The molecule has 4 heteroatoms. The van der Waals surface area contributed by atoms with E-state index in [1.165, 1.54) is 77.0 Å². The van der Waals surface area contributed by atoms with Crippen LogP contribution in [0.1, 0.15) is 142 Å². The molecule has 0 spiro atoms. The van der Waals surface area contributed by atoms with Crippen LogP contribution in [-0.2, 0) is 14.3 Å². The third-order valence-corrected chi connectivity index (χ3v) is 6.48. The maximum Gasteiger partial charge on any atom is 0.306 e. The number of unbranched alkanes of at least 4 members (excludes halogenated alkanes) is 14. The van der Waals surface area contributed by atoms with Crippen molar-refractivity contribution in [3.63, 3.8) is 0 Å². The van der Waals surface area contributed by atoms with E-state index in [9.17, 15) is 9.90 Å². The van der Waals surface area contributed by atoms with Crippen LogP contribution in [0, 0.1) is 0 Å². The van der Waals surface area contributed by atoms with Crippen molar-refractivity contribution >= 4 is 5.97 Å². The Balaban J connectivity index is 3.48. The van der Waals surface area contributed by atoms with Crippen LogP contribution >= 0.6 is 0 Å². The second kappa shape index (κ2) is 30.8. The lowest BCUT2D eigenvalue weighted by Crippen LogP contribution is -2.27. The third kappa shape index (κ3) is 29.0. The molecular formula is C33H60O4. The first-order chi connectivity index (χ1) is 18.2. The number of allylic oxidation sites excluding steroid dienone is 6. The third-order valence-electron chi connectivity index (χ3n) is 6.48. The number of carbonyl (C=O) groups excluding carboxylic acids is 1. The van der Waals surface area contributed by atoms with Crippen LogP contribution in [0.5, 0.6) is 0 Å². The maximum absolute atomic E-state index is 12.0. The zero-order valence-corrected chi connectivity index (χ0v) is 24.5. The number of rotatable bonds is 28. The van der Waals surface area contributed by atoms with Crippen LogP contribution in [0.3, 0.4) is 0 Å². The van der Waals surface area contributed by atoms with Gasteiger partial charge < -0.3 is 14.6 Å². The summed E-state index contributed by atoms with van der Waals surface area (Å²) in [5.74, 6) is -0.211. The molecule has 1 unspecified atom stereocenters. The molecular weight excluding hydrogens is 460 g/mol. The Morgan fingerprint density at radius 1 is 0.676 bits per heavy atom. The fraction of sp³-hybridized carbons (Fsp3) is 0.788. The van der Waals surface area contributed by atoms with Crippen molar-refractivity contribution in [3.8, 4) is 0 Å². The highest BCUT2D eigenvalue weighted by Crippen LogP contribution is 2.12. The van der Waals surface area contributed by atoms with Gasteiger partial charge in [-0.3, -0.25) is 4.79 Å². The Morgan fingerprint density at radius 3 is 1.84 bits per heavy atom. The molecule has 0 aromatic carbocycles. The van der Waals surface area contributed by atoms with E-state index in [2.05, 4.69) is 50.3 Å². The van der Waals surface area contributed by atoms with Gasteiger partial charge in [-0.2, -0.15) is 0 Å². The van der Waals surface area contributed by atoms with Crippen molar-refractivity contribution in [1.82, 2.24) is 0 Å². The first kappa shape index (κ1) is 35.6. The summed E-state index contributed by atoms with van der Waals surface area (Å²) in [6, 6.07) is 0. The number of ether oxygens (including phenoxy) is 2. The first-order valence-corrected chi connectivity index (χ1v) is 15.6. The second-order valence-corrected chi connectivity index (χ2v) is 10.2. The lowest BCUT2D eigenvalue weighted by Gasteiger charge is -2.15. The van der Waals surface area contributed by atoms with E-state index < -0.39 is 6.10 Å². The molecule has 4 nitrogen and oxygen atoms in total. The fourth-order valence-electron chi connectivity index (χ4n) is 4.16. The molecule has 37 heavy (non-hydrogen) atoms. The summed E-state index contributed by atoms with van der Waals surface area (Å²) in [5.41, 5.74) is 0. The molecule has 0 radical (unpaired) electrons. The van der Waals surface area contributed by atoms with Crippen molar-refractivity contribution in [2.75, 3.05) is 19.8 Å². The minimum absolute atomic E-state index is 0.176. The highest BCUT2D eigenvalue weighted by Gasteiger charge is 2.13. The fourth-order valence-corrected chi connectivity index (χ4v) is 4.16. The Bertz CT molecular complexity index is 553. The molecule has 0 heterocycles. The van der Waals surface area contributed by atoms with E-state index >= 15 is 0 Å². The minimum atomic E-state index is -0.535. The van der Waals surface area contributed by atoms with E-state index in [0.29, 0.717) is 13.0 Å². The molecule has 0 rings (SSSR count). The summed E-state index contributed by atoms with van der Waals surface area (Å²) in [6.07, 6.45) is 36.0. The van der Waals surface area contributed by atoms with Gasteiger partial charge in [0.05, 0.1) is 13.2 Å². The van der Waals surface area contributed by atoms with Crippen molar-refractivity contribution in [2.24, 2.45) is 0 Å². The van der Waals surface area contributed by atoms with E-state index in [1.54, 1.807) is 0 Å². The zero-order chi connectivity index (χ0) is 27.1. The number of carbonyl (C=O) groups is 1. The van der Waals surface area contributed by atoms with Crippen LogP contribution in [0.2, 0.25) is 0 Å². The van der Waals surface area contributed by atoms with Gasteiger partial charge in [0.2, 0.25) is 0 Å². The first-order valence-electron chi connectivity index (χ1n) is 15.6. The molecule has 0 fully saturated rings. The number of aliphatic hydroxyl groups excluding tert-OH is 1. The summed E-state index contributed by atoms with van der Waals surface area (Å²) in [4.78, 5) is 12.0. The van der Waals surface area contributed by atoms with Crippen LogP contribution in [0.15, 0.2) is 36.5 Å². The lowest BCUT2D eigenvalue weighted by molar-refractivity contribution is -0.154. The van der Waals surface area contributed by atoms with E-state index in [0.717, 1.165) is 44.9 Å². The summed E-state index contributed by atoms with van der Waals surface area (Å²) < 4.78 is 11.0. The normalized spacial score (nSPS) is 12.8. The number of hydrogen-bond acceptors (Lipinski definition) is 4. The van der Waals surface area contributed by atoms with Crippen LogP contribution in [0.4, 0.5) is 0 Å². The largest absolute Gasteiger partial charge is 0.457 e. The molecule has 1 atom stereocenters. The molecule has 0 bridgehead atoms. The molecule has 0 saturated heterocycles. The molecule has 0 aromatic heterocycles. The van der Waals surface area contributed by atoms with Gasteiger partial charge in [-0.05, 0) is 44.9 Å². The molecule has 0 amide bonds. The predicted octanol–water partition coefficient (Wildman–Crippen LogP) is 9.42. The minimum Gasteiger partial charge on any atom is -0.457 e. The van der Waals surface area contributed by atoms with Gasteiger partial charge in [0, 0.05) is 13.0 Å². The van der Waals surface area contributed by atoms with Gasteiger partial charge in [-0.15, -0.1) is 0 Å². The standard InChI is InChI=1S/C33H60O4/c1-3-5-7-9-11-13-14-15-16-17-18-19-21-23-25-27-29-36-31-32(30-34)37-33(35)28-26-24-22-20-12-10-8-6-4-2/h5,7,11,13,15-16,32,34H,3-4,6,8-10,12,14,17-31H2,1-2H3/b7-5-,13-11-,16-15-. The quantitative estimate of drug-likeness (QED) is 0.0634. The second-order valence-electron chi connectivity index (χ2n) is 10.2. The Labute approximate surface area is 230 Å². The molecule has 1 N–H and O–H groups in total. The van der Waals surface area contributed by atoms with E-state index in [1.807, 2.05) is 0 Å². The van der Waals surface area contributed by atoms with Gasteiger partial charge in [-0.25, -0.2) is 0 Å². The summed E-state index contributed by atoms with van der Waals surface area (Å²) in [5, 5.41) is 9.48. The maximum atomic E-state index is 12.0. The van der Waals surface area contributed by atoms with Crippen LogP contribution in [-0.4, -0.2) is 37.0 Å². The molecule has 0 aliphatic carbocycles. The molecule has 0 aliphatic rings. The Hall–Kier alpha value is -1.39. The molecule has 0 aliphatic heterocycles. The summed E-state index contributed by atoms with van der Waals surface area (Å²) in [7, 11) is 0. The van der Waals surface area contributed by atoms with Crippen molar-refractivity contribution < 1.29 is 19.4 Å². The predicted molar refractivity (Wildman–Crippen MR) is 159 cm³/mol. The Morgan fingerprint density at radius 2 is 1.22 bits per heavy atom. The smallest absolute Gasteiger partial charge is 0.306 e. The average molecular weight is 521 g/mol. The number of hydrogen-bond donors (Lipinski definition) is 1. The molecule has 216 valence electrons. The van der Waals surface area contributed by atoms with Gasteiger partial charge in [0.15, 0.2) is 0 Å². The molecule has 0 saturated carbocycles. The SMILES string of the molecule is CC/C=C\C/C=C\C/C=C\CCCCCCCCOCC(CO)OC(=O)CCCCCCCCCCC. The highest BCUT2D eigenvalue weighted by molar-refractivity contribution is 5.69. The van der Waals surface area contributed by atoms with Gasteiger partial charge >= 0.3 is 5.97 Å². The number of esters is 1. The van der Waals surface area contributed by atoms with E-state index in [4.69, 9.17) is 9.47 Å². The highest BCUT2D eigenvalue weighted by atomic mass is 16.6. The Kier molecular flexibility index (Phi) is 29.7.